The van der Waals surface area contributed by atoms with Crippen LogP contribution in [0.5, 0.6) is 0 Å². The number of Topliss-reactive ketones (excluding diaryl/α,β-unsaturated/α-hetero) is 1. The van der Waals surface area contributed by atoms with Crippen molar-refractivity contribution in [3.05, 3.63) is 118 Å². The standard InChI is InChI=1S/C43H50F3NO/c1-4-10-33-11-7-12-34(20-19-33)13-8-15-36-23-21-35(29-41(36)43(44,45)46)14-9-17-42(48)38-22-18-32(3)37(30-38)24-25-40-28-31(2)27-39-16-5-6-26-47(39)40/h5-6,16,18,21-23,26-31,33-34H,4,7-15,17,19-20H2,1-3H3. The van der Waals surface area contributed by atoms with Crippen LogP contribution in [-0.2, 0) is 19.0 Å². The molecular formula is C43H50F3NO. The fourth-order valence-corrected chi connectivity index (χ4v) is 7.50. The number of allylic oxidation sites excluding steroid dienone is 6. The van der Waals surface area contributed by atoms with Gasteiger partial charge in [0.1, 0.15) is 0 Å². The summed E-state index contributed by atoms with van der Waals surface area (Å²) >= 11 is 0. The molecule has 254 valence electrons. The lowest BCUT2D eigenvalue weighted by Gasteiger charge is -2.28. The Hall–Kier alpha value is -3.78. The number of hydrogen-bond acceptors (Lipinski definition) is 2. The monoisotopic (exact) mass is 653 g/mol. The van der Waals surface area contributed by atoms with Crippen LogP contribution in [0.2, 0.25) is 0 Å². The first-order valence-corrected chi connectivity index (χ1v) is 18.0. The molecule has 2 aromatic rings. The van der Waals surface area contributed by atoms with Gasteiger partial charge in [0.2, 0.25) is 0 Å². The van der Waals surface area contributed by atoms with E-state index in [0.717, 1.165) is 41.3 Å². The van der Waals surface area contributed by atoms with E-state index in [2.05, 4.69) is 48.8 Å². The van der Waals surface area contributed by atoms with Gasteiger partial charge in [-0.15, -0.1) is 0 Å². The number of carbonyl (C=O) groups excluding carboxylic acids is 1. The van der Waals surface area contributed by atoms with Gasteiger partial charge in [0, 0.05) is 29.4 Å². The average Bonchev–Trinajstić information content (AvgIpc) is 3.29. The van der Waals surface area contributed by atoms with Crippen molar-refractivity contribution >= 4 is 5.78 Å². The van der Waals surface area contributed by atoms with Crippen LogP contribution in [0.15, 0.2) is 84.4 Å². The van der Waals surface area contributed by atoms with Gasteiger partial charge in [-0.05, 0) is 103 Å². The Morgan fingerprint density at radius 2 is 1.71 bits per heavy atom. The van der Waals surface area contributed by atoms with Gasteiger partial charge < -0.3 is 4.90 Å². The third-order valence-corrected chi connectivity index (χ3v) is 10.2. The molecule has 2 nitrogen and oxygen atoms in total. The molecule has 0 spiro atoms. The number of rotatable bonds is 11. The summed E-state index contributed by atoms with van der Waals surface area (Å²) < 4.78 is 42.4. The molecule has 2 heterocycles. The van der Waals surface area contributed by atoms with Crippen LogP contribution in [0.4, 0.5) is 13.2 Å². The van der Waals surface area contributed by atoms with Crippen molar-refractivity contribution in [3.63, 3.8) is 0 Å². The van der Waals surface area contributed by atoms with Crippen LogP contribution in [-0.4, -0.2) is 10.7 Å². The van der Waals surface area contributed by atoms with E-state index < -0.39 is 11.7 Å². The molecule has 0 bridgehead atoms. The van der Waals surface area contributed by atoms with Crippen molar-refractivity contribution in [2.45, 2.75) is 110 Å². The van der Waals surface area contributed by atoms with E-state index in [9.17, 15) is 18.0 Å². The smallest absolute Gasteiger partial charge is 0.311 e. The first-order valence-electron chi connectivity index (χ1n) is 18.0. The maximum Gasteiger partial charge on any atom is 0.416 e. The van der Waals surface area contributed by atoms with Crippen molar-refractivity contribution in [2.24, 2.45) is 17.8 Å². The first kappa shape index (κ1) is 35.5. The van der Waals surface area contributed by atoms with E-state index in [1.165, 1.54) is 51.0 Å². The minimum absolute atomic E-state index is 0.0231. The highest BCUT2D eigenvalue weighted by Gasteiger charge is 2.33. The molecule has 0 N–H and O–H groups in total. The molecule has 1 fully saturated rings. The molecule has 1 saturated carbocycles. The molecular weight excluding hydrogens is 603 g/mol. The van der Waals surface area contributed by atoms with Crippen molar-refractivity contribution in [3.8, 4) is 11.8 Å². The Labute approximate surface area is 285 Å². The summed E-state index contributed by atoms with van der Waals surface area (Å²) in [5.41, 5.74) is 4.88. The van der Waals surface area contributed by atoms with Gasteiger partial charge in [-0.1, -0.05) is 108 Å². The van der Waals surface area contributed by atoms with Crippen LogP contribution in [0.3, 0.4) is 0 Å². The van der Waals surface area contributed by atoms with E-state index >= 15 is 0 Å². The maximum atomic E-state index is 14.1. The van der Waals surface area contributed by atoms with Crippen molar-refractivity contribution in [1.82, 2.24) is 4.90 Å². The molecule has 3 atom stereocenters. The highest BCUT2D eigenvalue weighted by Crippen LogP contribution is 2.36. The Kier molecular flexibility index (Phi) is 12.3. The molecule has 2 aliphatic heterocycles. The van der Waals surface area contributed by atoms with E-state index in [1.807, 2.05) is 49.5 Å². The number of hydrogen-bond donors (Lipinski definition) is 0. The van der Waals surface area contributed by atoms with E-state index in [1.54, 1.807) is 6.07 Å². The van der Waals surface area contributed by atoms with Crippen LogP contribution in [0.1, 0.15) is 123 Å². The zero-order valence-electron chi connectivity index (χ0n) is 28.8. The first-order chi connectivity index (χ1) is 23.1. The molecule has 2 aromatic carbocycles. The molecule has 3 unspecified atom stereocenters. The summed E-state index contributed by atoms with van der Waals surface area (Å²) in [5.74, 6) is 8.30. The molecule has 1 aliphatic carbocycles. The van der Waals surface area contributed by atoms with Gasteiger partial charge in [-0.2, -0.15) is 13.2 Å². The zero-order valence-corrected chi connectivity index (χ0v) is 28.8. The van der Waals surface area contributed by atoms with Gasteiger partial charge in [0.05, 0.1) is 11.3 Å². The van der Waals surface area contributed by atoms with E-state index in [4.69, 9.17) is 0 Å². The highest BCUT2D eigenvalue weighted by atomic mass is 19.4. The molecule has 5 heteroatoms. The summed E-state index contributed by atoms with van der Waals surface area (Å²) in [6, 6.07) is 10.4. The summed E-state index contributed by atoms with van der Waals surface area (Å²) in [7, 11) is 0. The maximum absolute atomic E-state index is 14.1. The van der Waals surface area contributed by atoms with Crippen LogP contribution in [0, 0.1) is 36.5 Å². The largest absolute Gasteiger partial charge is 0.416 e. The SMILES string of the molecule is CCCC1CCCC(CCCc2ccc(CCCC(=O)c3ccc(C)c(C#CC4=CC(C)C=C5C=CC=CN45)c3)cc2C(F)(F)F)CC1. The van der Waals surface area contributed by atoms with Crippen molar-refractivity contribution in [1.29, 1.82) is 0 Å². The van der Waals surface area contributed by atoms with Crippen LogP contribution in [0.25, 0.3) is 0 Å². The van der Waals surface area contributed by atoms with Crippen LogP contribution < -0.4 is 0 Å². The molecule has 5 rings (SSSR count). The number of carbonyl (C=O) groups is 1. The normalized spacial score (nSPS) is 20.7. The number of alkyl halides is 3. The summed E-state index contributed by atoms with van der Waals surface area (Å²) in [5, 5.41) is 0. The second-order valence-corrected chi connectivity index (χ2v) is 14.0. The number of aryl methyl sites for hydroxylation is 3. The molecule has 3 aliphatic rings. The average molecular weight is 654 g/mol. The highest BCUT2D eigenvalue weighted by molar-refractivity contribution is 5.96. The van der Waals surface area contributed by atoms with Gasteiger partial charge >= 0.3 is 6.18 Å². The third-order valence-electron chi connectivity index (χ3n) is 10.2. The molecule has 0 saturated heterocycles. The predicted molar refractivity (Wildman–Crippen MR) is 190 cm³/mol. The number of benzene rings is 2. The Balaban J connectivity index is 1.16. The summed E-state index contributed by atoms with van der Waals surface area (Å²) in [6.07, 6.45) is 20.2. The second-order valence-electron chi connectivity index (χ2n) is 14.0. The minimum Gasteiger partial charge on any atom is -0.311 e. The lowest BCUT2D eigenvalue weighted by atomic mass is 9.90. The summed E-state index contributed by atoms with van der Waals surface area (Å²) in [4.78, 5) is 15.2. The fourth-order valence-electron chi connectivity index (χ4n) is 7.50. The van der Waals surface area contributed by atoms with E-state index in [0.29, 0.717) is 41.9 Å². The Morgan fingerprint density at radius 1 is 0.917 bits per heavy atom. The molecule has 48 heavy (non-hydrogen) atoms. The number of ketones is 1. The van der Waals surface area contributed by atoms with E-state index in [-0.39, 0.29) is 18.1 Å². The van der Waals surface area contributed by atoms with Gasteiger partial charge in [0.25, 0.3) is 0 Å². The fraction of sp³-hybridized carbons (Fsp3) is 0.465. The quantitative estimate of drug-likeness (QED) is 0.137. The van der Waals surface area contributed by atoms with Gasteiger partial charge in [-0.3, -0.25) is 4.79 Å². The predicted octanol–water partition coefficient (Wildman–Crippen LogP) is 11.7. The van der Waals surface area contributed by atoms with Crippen molar-refractivity contribution in [2.75, 3.05) is 0 Å². The molecule has 0 radical (unpaired) electrons. The number of halogens is 3. The summed E-state index contributed by atoms with van der Waals surface area (Å²) in [6.45, 7) is 6.35. The van der Waals surface area contributed by atoms with Gasteiger partial charge in [0.15, 0.2) is 5.78 Å². The minimum atomic E-state index is -4.39. The second kappa shape index (κ2) is 16.6. The Morgan fingerprint density at radius 3 is 2.48 bits per heavy atom. The number of fused-ring (bicyclic) bond motifs is 1. The van der Waals surface area contributed by atoms with Crippen molar-refractivity contribution < 1.29 is 18.0 Å². The Bertz CT molecular complexity index is 1630. The number of nitrogens with zero attached hydrogens (tertiary/aromatic N) is 1. The zero-order chi connectivity index (χ0) is 34.1. The molecule has 0 amide bonds. The topological polar surface area (TPSA) is 20.3 Å². The molecule has 0 aromatic heterocycles. The van der Waals surface area contributed by atoms with Crippen LogP contribution >= 0.6 is 0 Å². The lowest BCUT2D eigenvalue weighted by Crippen LogP contribution is -2.20. The lowest BCUT2D eigenvalue weighted by molar-refractivity contribution is -0.138. The third kappa shape index (κ3) is 9.65. The van der Waals surface area contributed by atoms with Gasteiger partial charge in [-0.25, -0.2) is 0 Å².